The van der Waals surface area contributed by atoms with Gasteiger partial charge in [-0.05, 0) is 12.1 Å². The molecule has 0 bridgehead atoms. The Morgan fingerprint density at radius 3 is 2.33 bits per heavy atom. The van der Waals surface area contributed by atoms with Gasteiger partial charge in [-0.1, -0.05) is 25.1 Å². The summed E-state index contributed by atoms with van der Waals surface area (Å²) in [6.45, 7) is 1.63. The van der Waals surface area contributed by atoms with Crippen molar-refractivity contribution in [3.8, 4) is 5.75 Å². The molecule has 2 N–H and O–H groups in total. The monoisotopic (exact) mass is 168 g/mol. The van der Waals surface area contributed by atoms with Gasteiger partial charge in [0.25, 0.3) is 0 Å². The van der Waals surface area contributed by atoms with E-state index in [-0.39, 0.29) is 6.42 Å². The maximum Gasteiger partial charge on any atom is 0.321 e. The van der Waals surface area contributed by atoms with Crippen LogP contribution in [0.1, 0.15) is 13.3 Å². The molecule has 0 amide bonds. The minimum Gasteiger partial charge on any atom is -0.439 e. The van der Waals surface area contributed by atoms with E-state index in [9.17, 15) is 0 Å². The molecule has 0 aliphatic rings. The molecule has 3 nitrogen and oxygen atoms in total. The maximum atomic E-state index is 9.11. The Morgan fingerprint density at radius 2 is 1.83 bits per heavy atom. The fourth-order valence-corrected chi connectivity index (χ4v) is 0.749. The number of aliphatic hydroxyl groups is 2. The molecule has 1 aromatic rings. The van der Waals surface area contributed by atoms with Crippen LogP contribution in [0.3, 0.4) is 0 Å². The number of para-hydroxylation sites is 1. The molecule has 3 heteroatoms. The van der Waals surface area contributed by atoms with E-state index in [4.69, 9.17) is 14.9 Å². The van der Waals surface area contributed by atoms with Gasteiger partial charge in [0.15, 0.2) is 0 Å². The van der Waals surface area contributed by atoms with Gasteiger partial charge in [0.2, 0.25) is 0 Å². The molecule has 0 heterocycles. The molecule has 0 unspecified atom stereocenters. The van der Waals surface area contributed by atoms with Crippen LogP contribution >= 0.6 is 0 Å². The molecule has 0 saturated carbocycles. The number of ether oxygens (including phenoxy) is 1. The standard InChI is InChI=1S/C9H12O3/c1-2-9(10,11)12-8-6-4-3-5-7-8/h3-7,10-11H,2H2,1H3. The first-order valence-electron chi connectivity index (χ1n) is 3.83. The van der Waals surface area contributed by atoms with Gasteiger partial charge in [-0.2, -0.15) is 0 Å². The predicted molar refractivity (Wildman–Crippen MR) is 44.5 cm³/mol. The summed E-state index contributed by atoms with van der Waals surface area (Å²) in [5.74, 6) is -1.61. The second-order valence-electron chi connectivity index (χ2n) is 2.51. The van der Waals surface area contributed by atoms with Crippen LogP contribution < -0.4 is 4.74 Å². The fraction of sp³-hybridized carbons (Fsp3) is 0.333. The lowest BCUT2D eigenvalue weighted by atomic mass is 10.3. The zero-order valence-electron chi connectivity index (χ0n) is 6.90. The van der Waals surface area contributed by atoms with Crippen LogP contribution in [0, 0.1) is 0 Å². The lowest BCUT2D eigenvalue weighted by molar-refractivity contribution is -0.292. The fourth-order valence-electron chi connectivity index (χ4n) is 0.749. The summed E-state index contributed by atoms with van der Waals surface area (Å²) in [5, 5.41) is 18.2. The van der Waals surface area contributed by atoms with Crippen molar-refractivity contribution < 1.29 is 14.9 Å². The van der Waals surface area contributed by atoms with Crippen LogP contribution in [-0.2, 0) is 0 Å². The van der Waals surface area contributed by atoms with Crippen molar-refractivity contribution >= 4 is 0 Å². The highest BCUT2D eigenvalue weighted by Crippen LogP contribution is 2.15. The zero-order chi connectivity index (χ0) is 9.03. The predicted octanol–water partition coefficient (Wildman–Crippen LogP) is 1.11. The second-order valence-corrected chi connectivity index (χ2v) is 2.51. The first-order valence-corrected chi connectivity index (χ1v) is 3.83. The molecular formula is C9H12O3. The average molecular weight is 168 g/mol. The smallest absolute Gasteiger partial charge is 0.321 e. The lowest BCUT2D eigenvalue weighted by Crippen LogP contribution is -2.34. The van der Waals surface area contributed by atoms with Crippen molar-refractivity contribution in [2.24, 2.45) is 0 Å². The van der Waals surface area contributed by atoms with Crippen LogP contribution in [-0.4, -0.2) is 16.2 Å². The van der Waals surface area contributed by atoms with E-state index in [2.05, 4.69) is 0 Å². The van der Waals surface area contributed by atoms with E-state index in [1.165, 1.54) is 0 Å². The number of hydrogen-bond acceptors (Lipinski definition) is 3. The molecule has 0 saturated heterocycles. The Morgan fingerprint density at radius 1 is 1.25 bits per heavy atom. The summed E-state index contributed by atoms with van der Waals surface area (Å²) in [5.41, 5.74) is 0. The first-order chi connectivity index (χ1) is 5.64. The molecule has 66 valence electrons. The van der Waals surface area contributed by atoms with E-state index in [1.54, 1.807) is 31.2 Å². The summed E-state index contributed by atoms with van der Waals surface area (Å²) in [6.07, 6.45) is 0.127. The van der Waals surface area contributed by atoms with Gasteiger partial charge in [0.05, 0.1) is 0 Å². The van der Waals surface area contributed by atoms with Crippen LogP contribution in [0.5, 0.6) is 5.75 Å². The largest absolute Gasteiger partial charge is 0.439 e. The third kappa shape index (κ3) is 2.53. The normalized spacial score (nSPS) is 11.2. The summed E-state index contributed by atoms with van der Waals surface area (Å²) in [4.78, 5) is 0. The summed E-state index contributed by atoms with van der Waals surface area (Å²) < 4.78 is 4.86. The minimum atomic E-state index is -2.05. The molecule has 12 heavy (non-hydrogen) atoms. The molecule has 0 fully saturated rings. The van der Waals surface area contributed by atoms with Crippen molar-refractivity contribution in [3.05, 3.63) is 30.3 Å². The maximum absolute atomic E-state index is 9.11. The second kappa shape index (κ2) is 3.56. The van der Waals surface area contributed by atoms with Crippen molar-refractivity contribution in [1.82, 2.24) is 0 Å². The highest BCUT2D eigenvalue weighted by atomic mass is 16.8. The Balaban J connectivity index is 2.64. The Kier molecular flexibility index (Phi) is 2.68. The molecule has 1 rings (SSSR count). The van der Waals surface area contributed by atoms with Gasteiger partial charge in [0, 0.05) is 6.42 Å². The van der Waals surface area contributed by atoms with E-state index < -0.39 is 5.97 Å². The number of hydrogen-bond donors (Lipinski definition) is 2. The third-order valence-corrected chi connectivity index (χ3v) is 1.49. The average Bonchev–Trinajstić information content (AvgIpc) is 2.06. The van der Waals surface area contributed by atoms with Gasteiger partial charge in [-0.3, -0.25) is 0 Å². The van der Waals surface area contributed by atoms with Gasteiger partial charge >= 0.3 is 5.97 Å². The van der Waals surface area contributed by atoms with Crippen LogP contribution in [0.15, 0.2) is 30.3 Å². The van der Waals surface area contributed by atoms with Gasteiger partial charge in [0.1, 0.15) is 5.75 Å². The quantitative estimate of drug-likeness (QED) is 0.665. The van der Waals surface area contributed by atoms with E-state index in [1.807, 2.05) is 6.07 Å². The highest BCUT2D eigenvalue weighted by Gasteiger charge is 2.21. The summed E-state index contributed by atoms with van der Waals surface area (Å²) in [6, 6.07) is 8.69. The Labute approximate surface area is 71.2 Å². The topological polar surface area (TPSA) is 49.7 Å². The minimum absolute atomic E-state index is 0.127. The van der Waals surface area contributed by atoms with Crippen molar-refractivity contribution in [3.63, 3.8) is 0 Å². The zero-order valence-corrected chi connectivity index (χ0v) is 6.90. The molecule has 0 atom stereocenters. The molecule has 0 aliphatic carbocycles. The molecular weight excluding hydrogens is 156 g/mol. The van der Waals surface area contributed by atoms with Crippen molar-refractivity contribution in [2.45, 2.75) is 19.3 Å². The van der Waals surface area contributed by atoms with E-state index in [0.717, 1.165) is 0 Å². The molecule has 1 aromatic carbocycles. The summed E-state index contributed by atoms with van der Waals surface area (Å²) in [7, 11) is 0. The molecule has 0 radical (unpaired) electrons. The molecule has 0 aromatic heterocycles. The van der Waals surface area contributed by atoms with E-state index >= 15 is 0 Å². The Bertz CT molecular complexity index is 231. The number of benzene rings is 1. The Hall–Kier alpha value is -1.06. The SMILES string of the molecule is CCC(O)(O)Oc1ccccc1. The first kappa shape index (κ1) is 9.03. The lowest BCUT2D eigenvalue weighted by Gasteiger charge is -2.20. The van der Waals surface area contributed by atoms with Gasteiger partial charge < -0.3 is 14.9 Å². The van der Waals surface area contributed by atoms with Crippen LogP contribution in [0.2, 0.25) is 0 Å². The molecule has 0 spiro atoms. The highest BCUT2D eigenvalue weighted by molar-refractivity contribution is 5.21. The van der Waals surface area contributed by atoms with Crippen molar-refractivity contribution in [2.75, 3.05) is 0 Å². The van der Waals surface area contributed by atoms with E-state index in [0.29, 0.717) is 5.75 Å². The van der Waals surface area contributed by atoms with Crippen molar-refractivity contribution in [1.29, 1.82) is 0 Å². The third-order valence-electron chi connectivity index (χ3n) is 1.49. The van der Waals surface area contributed by atoms with Crippen LogP contribution in [0.25, 0.3) is 0 Å². The van der Waals surface area contributed by atoms with Gasteiger partial charge in [-0.15, -0.1) is 0 Å². The van der Waals surface area contributed by atoms with Crippen LogP contribution in [0.4, 0.5) is 0 Å². The molecule has 0 aliphatic heterocycles. The number of rotatable bonds is 3. The summed E-state index contributed by atoms with van der Waals surface area (Å²) >= 11 is 0. The van der Waals surface area contributed by atoms with Gasteiger partial charge in [-0.25, -0.2) is 0 Å².